The van der Waals surface area contributed by atoms with Gasteiger partial charge in [0.15, 0.2) is 0 Å². The molecule has 0 atom stereocenters. The summed E-state index contributed by atoms with van der Waals surface area (Å²) < 4.78 is 0. The van der Waals surface area contributed by atoms with E-state index in [2.05, 4.69) is 37.3 Å². The second kappa shape index (κ2) is 3.44. The molecule has 0 fully saturated rings. The Bertz CT molecular complexity index is 388. The topological polar surface area (TPSA) is 0 Å². The Balaban J connectivity index is 2.48. The summed E-state index contributed by atoms with van der Waals surface area (Å²) in [5, 5.41) is 0. The molecule has 0 heteroatoms. The highest BCUT2D eigenvalue weighted by atomic mass is 14.0. The van der Waals surface area contributed by atoms with E-state index in [4.69, 9.17) is 0 Å². The fourth-order valence-electron chi connectivity index (χ4n) is 1.31. The van der Waals surface area contributed by atoms with Crippen LogP contribution in [0.4, 0.5) is 0 Å². The molecule has 2 rings (SSSR count). The Labute approximate surface area is 78.9 Å². The molecule has 0 aromatic heterocycles. The van der Waals surface area contributed by atoms with Crippen LogP contribution in [0.15, 0.2) is 42.5 Å². The van der Waals surface area contributed by atoms with Gasteiger partial charge in [0, 0.05) is 0 Å². The Morgan fingerprint density at radius 2 is 2.08 bits per heavy atom. The molecular formula is C13H10. The van der Waals surface area contributed by atoms with Crippen molar-refractivity contribution < 1.29 is 0 Å². The Hall–Kier alpha value is -1.56. The average molecular weight is 166 g/mol. The van der Waals surface area contributed by atoms with Gasteiger partial charge in [0.05, 0.1) is 0 Å². The van der Waals surface area contributed by atoms with Crippen LogP contribution in [0, 0.1) is 19.1 Å². The van der Waals surface area contributed by atoms with Crippen molar-refractivity contribution in [2.45, 2.75) is 6.92 Å². The van der Waals surface area contributed by atoms with Gasteiger partial charge in [-0.2, -0.15) is 0 Å². The fraction of sp³-hybridized carbons (Fsp3) is 0.0769. The quantitative estimate of drug-likeness (QED) is 0.610. The largest absolute Gasteiger partial charge is 0.0610 e. The van der Waals surface area contributed by atoms with E-state index in [1.54, 1.807) is 0 Å². The molecule has 0 aliphatic rings. The summed E-state index contributed by atoms with van der Waals surface area (Å²) >= 11 is 0. The standard InChI is InChI=1S/C13H10/c1-11-6-5-9-13(10-11)12-7-3-2-4-8-12/h2-3,5-8,10H,1H3. The maximum atomic E-state index is 3.21. The number of benzene rings is 2. The van der Waals surface area contributed by atoms with E-state index in [0.29, 0.717) is 0 Å². The van der Waals surface area contributed by atoms with E-state index in [-0.39, 0.29) is 0 Å². The molecule has 0 unspecified atom stereocenters. The number of rotatable bonds is 1. The molecule has 0 bridgehead atoms. The first-order valence-corrected chi connectivity index (χ1v) is 4.31. The molecule has 2 aromatic carbocycles. The zero-order valence-electron chi connectivity index (χ0n) is 7.54. The van der Waals surface area contributed by atoms with Crippen molar-refractivity contribution in [1.82, 2.24) is 0 Å². The highest BCUT2D eigenvalue weighted by Crippen LogP contribution is 2.18. The predicted molar refractivity (Wildman–Crippen MR) is 54.3 cm³/mol. The van der Waals surface area contributed by atoms with Gasteiger partial charge in [-0.05, 0) is 36.2 Å². The van der Waals surface area contributed by atoms with Crippen LogP contribution in [0.1, 0.15) is 5.56 Å². The third-order valence-corrected chi connectivity index (χ3v) is 1.98. The van der Waals surface area contributed by atoms with Gasteiger partial charge in [-0.25, -0.2) is 0 Å². The summed E-state index contributed by atoms with van der Waals surface area (Å²) in [5.41, 5.74) is 3.57. The second-order valence-electron chi connectivity index (χ2n) is 3.07. The minimum absolute atomic E-state index is 1.14. The first kappa shape index (κ1) is 8.06. The molecule has 0 spiro atoms. The van der Waals surface area contributed by atoms with Gasteiger partial charge in [0.25, 0.3) is 0 Å². The van der Waals surface area contributed by atoms with Crippen LogP contribution in [-0.2, 0) is 0 Å². The molecule has 0 N–H and O–H groups in total. The van der Waals surface area contributed by atoms with Gasteiger partial charge in [-0.1, -0.05) is 42.0 Å². The van der Waals surface area contributed by atoms with E-state index >= 15 is 0 Å². The fourth-order valence-corrected chi connectivity index (χ4v) is 1.31. The van der Waals surface area contributed by atoms with Crippen molar-refractivity contribution >= 4 is 0 Å². The van der Waals surface area contributed by atoms with E-state index < -0.39 is 0 Å². The van der Waals surface area contributed by atoms with Crippen LogP contribution >= 0.6 is 0 Å². The molecule has 0 saturated heterocycles. The molecule has 0 nitrogen and oxygen atoms in total. The van der Waals surface area contributed by atoms with Crippen molar-refractivity contribution in [3.8, 4) is 11.1 Å². The third-order valence-electron chi connectivity index (χ3n) is 1.98. The van der Waals surface area contributed by atoms with E-state index in [9.17, 15) is 0 Å². The molecule has 0 saturated carbocycles. The first-order valence-electron chi connectivity index (χ1n) is 4.31. The molecule has 13 heavy (non-hydrogen) atoms. The zero-order valence-corrected chi connectivity index (χ0v) is 7.54. The first-order chi connectivity index (χ1) is 6.36. The molecule has 0 heterocycles. The summed E-state index contributed by atoms with van der Waals surface area (Å²) in [6.07, 6.45) is 0. The van der Waals surface area contributed by atoms with Crippen molar-refractivity contribution in [3.63, 3.8) is 0 Å². The summed E-state index contributed by atoms with van der Waals surface area (Å²) in [7, 11) is 0. The predicted octanol–water partition coefficient (Wildman–Crippen LogP) is 3.26. The van der Waals surface area contributed by atoms with E-state index in [0.717, 1.165) is 5.56 Å². The van der Waals surface area contributed by atoms with Crippen LogP contribution in [0.3, 0.4) is 0 Å². The van der Waals surface area contributed by atoms with Crippen LogP contribution in [0.2, 0.25) is 0 Å². The molecular weight excluding hydrogens is 156 g/mol. The molecule has 2 aromatic rings. The highest BCUT2D eigenvalue weighted by molar-refractivity contribution is 5.62. The maximum absolute atomic E-state index is 3.21. The van der Waals surface area contributed by atoms with E-state index in [1.807, 2.05) is 24.3 Å². The van der Waals surface area contributed by atoms with Gasteiger partial charge in [-0.15, -0.1) is 0 Å². The van der Waals surface area contributed by atoms with Crippen molar-refractivity contribution in [2.24, 2.45) is 0 Å². The number of hydrogen-bond acceptors (Lipinski definition) is 0. The molecule has 0 amide bonds. The highest BCUT2D eigenvalue weighted by Gasteiger charge is 1.95. The smallest absolute Gasteiger partial charge is 0.00990 e. The van der Waals surface area contributed by atoms with Crippen LogP contribution in [-0.4, -0.2) is 0 Å². The van der Waals surface area contributed by atoms with Crippen LogP contribution in [0.5, 0.6) is 0 Å². The second-order valence-corrected chi connectivity index (χ2v) is 3.07. The van der Waals surface area contributed by atoms with Crippen LogP contribution < -0.4 is 0 Å². The number of hydrogen-bond donors (Lipinski definition) is 0. The lowest BCUT2D eigenvalue weighted by Crippen LogP contribution is -1.78. The van der Waals surface area contributed by atoms with Gasteiger partial charge in [0.2, 0.25) is 0 Å². The summed E-state index contributed by atoms with van der Waals surface area (Å²) in [5.74, 6) is 0. The van der Waals surface area contributed by atoms with Gasteiger partial charge >= 0.3 is 0 Å². The Morgan fingerprint density at radius 1 is 1.15 bits per heavy atom. The molecule has 0 aliphatic heterocycles. The summed E-state index contributed by atoms with van der Waals surface area (Å²) in [6.45, 7) is 2.09. The molecule has 0 aliphatic carbocycles. The molecule has 62 valence electrons. The van der Waals surface area contributed by atoms with E-state index in [1.165, 1.54) is 11.1 Å². The lowest BCUT2D eigenvalue weighted by molar-refractivity contribution is 1.46. The monoisotopic (exact) mass is 166 g/mol. The minimum atomic E-state index is 1.14. The lowest BCUT2D eigenvalue weighted by atomic mass is 10.0. The van der Waals surface area contributed by atoms with Gasteiger partial charge in [-0.3, -0.25) is 0 Å². The Morgan fingerprint density at radius 3 is 2.77 bits per heavy atom. The normalized spacial score (nSPS) is 9.92. The summed E-state index contributed by atoms with van der Waals surface area (Å²) in [6, 6.07) is 20.3. The molecule has 2 radical (unpaired) electrons. The van der Waals surface area contributed by atoms with Crippen molar-refractivity contribution in [2.75, 3.05) is 0 Å². The van der Waals surface area contributed by atoms with Gasteiger partial charge in [0.1, 0.15) is 0 Å². The lowest BCUT2D eigenvalue weighted by Gasteiger charge is -2.00. The SMILES string of the molecule is Cc1cc[c]c(-c2c[c]ccc2)c1. The van der Waals surface area contributed by atoms with Crippen molar-refractivity contribution in [1.29, 1.82) is 0 Å². The van der Waals surface area contributed by atoms with Crippen molar-refractivity contribution in [3.05, 3.63) is 60.2 Å². The van der Waals surface area contributed by atoms with Gasteiger partial charge < -0.3 is 0 Å². The van der Waals surface area contributed by atoms with Crippen LogP contribution in [0.25, 0.3) is 11.1 Å². The average Bonchev–Trinajstić information content (AvgIpc) is 2.19. The third kappa shape index (κ3) is 1.78. The minimum Gasteiger partial charge on any atom is -0.0610 e. The Kier molecular flexibility index (Phi) is 2.13. The number of aryl methyl sites for hydroxylation is 1. The summed E-state index contributed by atoms with van der Waals surface area (Å²) in [4.78, 5) is 0. The zero-order chi connectivity index (χ0) is 9.10. The maximum Gasteiger partial charge on any atom is -0.00990 e.